The van der Waals surface area contributed by atoms with Crippen LogP contribution < -0.4 is 14.2 Å². The van der Waals surface area contributed by atoms with E-state index in [9.17, 15) is 14.7 Å². The fraction of sp³-hybridized carbons (Fsp3) is 0.259. The van der Waals surface area contributed by atoms with E-state index >= 15 is 0 Å². The number of phenolic OH excluding ortho intramolecular Hbond substituents is 1. The highest BCUT2D eigenvalue weighted by molar-refractivity contribution is 6.10. The molecule has 0 aliphatic heterocycles. The summed E-state index contributed by atoms with van der Waals surface area (Å²) in [4.78, 5) is 23.7. The van der Waals surface area contributed by atoms with Gasteiger partial charge in [-0.1, -0.05) is 12.1 Å². The monoisotopic (exact) mass is 480 g/mol. The Morgan fingerprint density at radius 1 is 0.829 bits per heavy atom. The molecule has 0 radical (unpaired) electrons. The molecule has 3 aromatic rings. The Bertz CT molecular complexity index is 1120. The number of carbonyl (C=O) groups excluding carboxylic acids is 1. The molecule has 8 nitrogen and oxygen atoms in total. The lowest BCUT2D eigenvalue weighted by atomic mass is 10.0. The van der Waals surface area contributed by atoms with E-state index in [1.54, 1.807) is 42.5 Å². The molecule has 1 atom stereocenters. The molecule has 2 N–H and O–H groups in total. The van der Waals surface area contributed by atoms with Crippen molar-refractivity contribution in [3.63, 3.8) is 0 Å². The molecule has 0 fully saturated rings. The smallest absolute Gasteiger partial charge is 0.333 e. The number of rotatable bonds is 13. The second-order valence-electron chi connectivity index (χ2n) is 7.70. The molecule has 0 unspecified atom stereocenters. The Kier molecular flexibility index (Phi) is 9.09. The zero-order valence-electron chi connectivity index (χ0n) is 19.6. The lowest BCUT2D eigenvalue weighted by Gasteiger charge is -2.11. The third-order valence-corrected chi connectivity index (χ3v) is 5.30. The zero-order chi connectivity index (χ0) is 25.2. The summed E-state index contributed by atoms with van der Waals surface area (Å²) in [5.74, 6) is 0.351. The van der Waals surface area contributed by atoms with Gasteiger partial charge in [0.2, 0.25) is 0 Å². The third kappa shape index (κ3) is 7.22. The predicted octanol–water partition coefficient (Wildman–Crippen LogP) is 4.12. The molecule has 0 amide bonds. The topological polar surface area (TPSA) is 112 Å². The van der Waals surface area contributed by atoms with Gasteiger partial charge in [0.1, 0.15) is 23.0 Å². The summed E-state index contributed by atoms with van der Waals surface area (Å²) < 4.78 is 21.4. The van der Waals surface area contributed by atoms with Gasteiger partial charge in [-0.3, -0.25) is 4.79 Å². The molecule has 35 heavy (non-hydrogen) atoms. The molecule has 0 aromatic heterocycles. The van der Waals surface area contributed by atoms with Crippen molar-refractivity contribution in [1.29, 1.82) is 0 Å². The highest BCUT2D eigenvalue weighted by Gasteiger charge is 2.17. The van der Waals surface area contributed by atoms with Crippen molar-refractivity contribution < 1.29 is 38.7 Å². The summed E-state index contributed by atoms with van der Waals surface area (Å²) in [5.41, 5.74) is 1.48. The number of carboxylic acid groups (broad SMARTS) is 1. The molecule has 0 spiro atoms. The van der Waals surface area contributed by atoms with Gasteiger partial charge < -0.3 is 29.2 Å². The number of carbonyl (C=O) groups is 2. The van der Waals surface area contributed by atoms with Gasteiger partial charge in [-0.15, -0.1) is 0 Å². The first-order valence-corrected chi connectivity index (χ1v) is 11.0. The van der Waals surface area contributed by atoms with Crippen molar-refractivity contribution in [1.82, 2.24) is 0 Å². The average Bonchev–Trinajstić information content (AvgIpc) is 2.87. The molecule has 8 heteroatoms. The van der Waals surface area contributed by atoms with Crippen LogP contribution in [-0.2, 0) is 16.0 Å². The minimum Gasteiger partial charge on any atom is -0.507 e. The molecule has 0 bridgehead atoms. The van der Waals surface area contributed by atoms with E-state index in [-0.39, 0.29) is 23.5 Å². The number of carboxylic acids is 1. The van der Waals surface area contributed by atoms with E-state index in [4.69, 9.17) is 24.1 Å². The van der Waals surface area contributed by atoms with Gasteiger partial charge in [0.25, 0.3) is 0 Å². The number of hydrogen-bond acceptors (Lipinski definition) is 7. The van der Waals surface area contributed by atoms with Crippen molar-refractivity contribution >= 4 is 11.8 Å². The lowest BCUT2D eigenvalue weighted by molar-refractivity contribution is -0.148. The first-order valence-electron chi connectivity index (χ1n) is 11.0. The van der Waals surface area contributed by atoms with Crippen molar-refractivity contribution in [2.24, 2.45) is 0 Å². The van der Waals surface area contributed by atoms with E-state index in [0.29, 0.717) is 42.4 Å². The normalized spacial score (nSPS) is 11.5. The van der Waals surface area contributed by atoms with Gasteiger partial charge in [0.05, 0.1) is 25.9 Å². The van der Waals surface area contributed by atoms with Crippen LogP contribution in [0.3, 0.4) is 0 Å². The number of aromatic hydroxyl groups is 1. The van der Waals surface area contributed by atoms with Gasteiger partial charge in [0, 0.05) is 31.6 Å². The Morgan fingerprint density at radius 2 is 1.40 bits per heavy atom. The van der Waals surface area contributed by atoms with Crippen LogP contribution in [0.1, 0.15) is 27.9 Å². The van der Waals surface area contributed by atoms with E-state index < -0.39 is 12.1 Å². The number of ether oxygens (including phenoxy) is 4. The van der Waals surface area contributed by atoms with Crippen LogP contribution in [0.15, 0.2) is 66.7 Å². The summed E-state index contributed by atoms with van der Waals surface area (Å²) in [6.07, 6.45) is 0.0547. The summed E-state index contributed by atoms with van der Waals surface area (Å²) >= 11 is 0. The van der Waals surface area contributed by atoms with Crippen molar-refractivity contribution in [3.8, 4) is 23.0 Å². The fourth-order valence-corrected chi connectivity index (χ4v) is 3.33. The van der Waals surface area contributed by atoms with E-state index in [1.807, 2.05) is 12.1 Å². The number of benzene rings is 3. The molecule has 3 aromatic carbocycles. The third-order valence-electron chi connectivity index (χ3n) is 5.30. The van der Waals surface area contributed by atoms with Gasteiger partial charge in [-0.2, -0.15) is 0 Å². The SMILES string of the molecule is COc1ccc(C(=O)c2ccc(OCCCOc3ccc(C[C@H](OC)C(=O)O)cc3)cc2)c(O)c1. The fourth-order valence-electron chi connectivity index (χ4n) is 3.33. The summed E-state index contributed by atoms with van der Waals surface area (Å²) in [6, 6.07) is 18.5. The Balaban J connectivity index is 1.42. The first kappa shape index (κ1) is 25.6. The summed E-state index contributed by atoms with van der Waals surface area (Å²) in [7, 11) is 2.86. The van der Waals surface area contributed by atoms with Crippen LogP contribution in [0, 0.1) is 0 Å². The molecular formula is C27H28O8. The minimum atomic E-state index is -0.995. The molecule has 0 saturated carbocycles. The Hall–Kier alpha value is -4.04. The van der Waals surface area contributed by atoms with Crippen molar-refractivity contribution in [2.75, 3.05) is 27.4 Å². The van der Waals surface area contributed by atoms with Crippen LogP contribution in [0.5, 0.6) is 23.0 Å². The quantitative estimate of drug-likeness (QED) is 0.278. The van der Waals surface area contributed by atoms with Gasteiger partial charge in [-0.25, -0.2) is 4.79 Å². The summed E-state index contributed by atoms with van der Waals surface area (Å²) in [6.45, 7) is 0.876. The van der Waals surface area contributed by atoms with E-state index in [1.165, 1.54) is 26.4 Å². The van der Waals surface area contributed by atoms with Crippen LogP contribution in [0.25, 0.3) is 0 Å². The number of methoxy groups -OCH3 is 2. The maximum atomic E-state index is 12.6. The number of phenols is 1. The van der Waals surface area contributed by atoms with E-state index in [0.717, 1.165) is 5.56 Å². The lowest BCUT2D eigenvalue weighted by Crippen LogP contribution is -2.24. The number of aliphatic carboxylic acids is 1. The number of ketones is 1. The average molecular weight is 481 g/mol. The van der Waals surface area contributed by atoms with Crippen molar-refractivity contribution in [2.45, 2.75) is 18.9 Å². The second-order valence-corrected chi connectivity index (χ2v) is 7.70. The first-order chi connectivity index (χ1) is 16.9. The standard InChI is InChI=1S/C27H28O8/c1-32-22-12-13-23(24(28)17-22)26(29)19-6-10-21(11-7-19)35-15-3-14-34-20-8-4-18(5-9-20)16-25(33-2)27(30)31/h4-13,17,25,28H,3,14-16H2,1-2H3,(H,30,31)/t25-/m0/s1. The minimum absolute atomic E-state index is 0.135. The highest BCUT2D eigenvalue weighted by atomic mass is 16.5. The Morgan fingerprint density at radius 3 is 1.91 bits per heavy atom. The number of hydrogen-bond donors (Lipinski definition) is 2. The van der Waals surface area contributed by atoms with Crippen molar-refractivity contribution in [3.05, 3.63) is 83.4 Å². The predicted molar refractivity (Wildman–Crippen MR) is 129 cm³/mol. The largest absolute Gasteiger partial charge is 0.507 e. The van der Waals surface area contributed by atoms with E-state index in [2.05, 4.69) is 0 Å². The highest BCUT2D eigenvalue weighted by Crippen LogP contribution is 2.26. The summed E-state index contributed by atoms with van der Waals surface area (Å²) in [5, 5.41) is 19.1. The maximum Gasteiger partial charge on any atom is 0.333 e. The van der Waals surface area contributed by atoms with Gasteiger partial charge in [0.15, 0.2) is 11.9 Å². The molecule has 0 heterocycles. The van der Waals surface area contributed by atoms with Crippen LogP contribution >= 0.6 is 0 Å². The molecular weight excluding hydrogens is 452 g/mol. The van der Waals surface area contributed by atoms with Crippen LogP contribution in [-0.4, -0.2) is 55.5 Å². The van der Waals surface area contributed by atoms with Gasteiger partial charge in [-0.05, 0) is 54.1 Å². The Labute approximate surface area is 203 Å². The molecule has 184 valence electrons. The molecule has 0 saturated heterocycles. The van der Waals surface area contributed by atoms with Crippen LogP contribution in [0.4, 0.5) is 0 Å². The van der Waals surface area contributed by atoms with Crippen LogP contribution in [0.2, 0.25) is 0 Å². The van der Waals surface area contributed by atoms with Gasteiger partial charge >= 0.3 is 5.97 Å². The molecule has 3 rings (SSSR count). The maximum absolute atomic E-state index is 12.6. The molecule has 0 aliphatic rings. The second kappa shape index (κ2) is 12.4. The zero-order valence-corrected chi connectivity index (χ0v) is 19.6. The molecule has 0 aliphatic carbocycles.